The Kier molecular flexibility index (Phi) is 4.62. The summed E-state index contributed by atoms with van der Waals surface area (Å²) in [6, 6.07) is 7.24. The maximum Gasteiger partial charge on any atom is 0.435 e. The van der Waals surface area contributed by atoms with E-state index >= 15 is 0 Å². The maximum atomic E-state index is 13.5. The molecule has 0 aliphatic carbocycles. The zero-order valence-corrected chi connectivity index (χ0v) is 13.5. The van der Waals surface area contributed by atoms with Crippen molar-refractivity contribution >= 4 is 5.69 Å². The Morgan fingerprint density at radius 2 is 1.65 bits per heavy atom. The first kappa shape index (κ1) is 17.8. The summed E-state index contributed by atoms with van der Waals surface area (Å²) in [5, 5.41) is 6.41. The molecule has 0 bridgehead atoms. The lowest BCUT2D eigenvalue weighted by molar-refractivity contribution is -0.141. The van der Waals surface area contributed by atoms with E-state index < -0.39 is 23.5 Å². The van der Waals surface area contributed by atoms with Crippen LogP contribution in [0.5, 0.6) is 0 Å². The zero-order valence-electron chi connectivity index (χ0n) is 13.5. The average Bonchev–Trinajstić information content (AvgIpc) is 2.97. The lowest BCUT2D eigenvalue weighted by Gasteiger charge is -2.10. The average molecular weight is 368 g/mol. The summed E-state index contributed by atoms with van der Waals surface area (Å²) in [6.07, 6.45) is -2.68. The third-order valence-electron chi connectivity index (χ3n) is 3.71. The smallest absolute Gasteiger partial charge is 0.381 e. The van der Waals surface area contributed by atoms with Crippen LogP contribution in [0.3, 0.4) is 0 Å². The minimum Gasteiger partial charge on any atom is -0.381 e. The third kappa shape index (κ3) is 3.66. The van der Waals surface area contributed by atoms with E-state index in [0.29, 0.717) is 17.1 Å². The number of halogens is 5. The quantitative estimate of drug-likeness (QED) is 0.691. The van der Waals surface area contributed by atoms with Gasteiger partial charge in [-0.25, -0.2) is 13.5 Å². The summed E-state index contributed by atoms with van der Waals surface area (Å²) in [4.78, 5) is 3.40. The fourth-order valence-electron chi connectivity index (χ4n) is 2.39. The molecule has 0 spiro atoms. The van der Waals surface area contributed by atoms with Crippen LogP contribution < -0.4 is 5.32 Å². The number of nitrogens with one attached hydrogen (secondary N) is 1. The highest BCUT2D eigenvalue weighted by Crippen LogP contribution is 2.29. The third-order valence-corrected chi connectivity index (χ3v) is 3.71. The van der Waals surface area contributed by atoms with Gasteiger partial charge in [0, 0.05) is 23.5 Å². The molecule has 2 heterocycles. The van der Waals surface area contributed by atoms with E-state index in [4.69, 9.17) is 0 Å². The van der Waals surface area contributed by atoms with Crippen LogP contribution in [0.15, 0.2) is 42.7 Å². The van der Waals surface area contributed by atoms with E-state index in [0.717, 1.165) is 18.5 Å². The van der Waals surface area contributed by atoms with Gasteiger partial charge in [-0.15, -0.1) is 0 Å². The SMILES string of the molecule is Cc1cc(C(F)(F)F)nn1-c1ccc(NCc2c(F)cncc2F)cc1. The molecule has 0 atom stereocenters. The van der Waals surface area contributed by atoms with E-state index in [2.05, 4.69) is 15.4 Å². The first-order chi connectivity index (χ1) is 12.3. The molecule has 0 aliphatic heterocycles. The van der Waals surface area contributed by atoms with Gasteiger partial charge in [-0.3, -0.25) is 4.98 Å². The molecule has 2 aromatic heterocycles. The summed E-state index contributed by atoms with van der Waals surface area (Å²) >= 11 is 0. The van der Waals surface area contributed by atoms with Gasteiger partial charge in [0.15, 0.2) is 5.69 Å². The molecular formula is C17H13F5N4. The lowest BCUT2D eigenvalue weighted by Crippen LogP contribution is -2.08. The van der Waals surface area contributed by atoms with Gasteiger partial charge < -0.3 is 5.32 Å². The standard InChI is InChI=1S/C17H13F5N4/c1-10-6-16(17(20,21)22)25-26(10)12-4-2-11(3-5-12)24-7-13-14(18)8-23-9-15(13)19/h2-6,8-9,24H,7H2,1H3. The second-order valence-corrected chi connectivity index (χ2v) is 5.56. The molecule has 0 amide bonds. The fraction of sp³-hybridized carbons (Fsp3) is 0.176. The zero-order chi connectivity index (χ0) is 18.9. The molecule has 0 saturated heterocycles. The number of anilines is 1. The van der Waals surface area contributed by atoms with Crippen molar-refractivity contribution in [2.24, 2.45) is 0 Å². The largest absolute Gasteiger partial charge is 0.435 e. The molecule has 3 rings (SSSR count). The van der Waals surface area contributed by atoms with Crippen molar-refractivity contribution in [2.75, 3.05) is 5.32 Å². The second kappa shape index (κ2) is 6.74. The molecule has 26 heavy (non-hydrogen) atoms. The van der Waals surface area contributed by atoms with Gasteiger partial charge in [0.2, 0.25) is 0 Å². The summed E-state index contributed by atoms with van der Waals surface area (Å²) in [5.41, 5.74) is 0.191. The molecule has 0 radical (unpaired) electrons. The number of nitrogens with zero attached hydrogens (tertiary/aromatic N) is 3. The van der Waals surface area contributed by atoms with Crippen LogP contribution in [0, 0.1) is 18.6 Å². The van der Waals surface area contributed by atoms with Gasteiger partial charge in [-0.05, 0) is 37.3 Å². The van der Waals surface area contributed by atoms with E-state index in [1.807, 2.05) is 0 Å². The van der Waals surface area contributed by atoms with E-state index in [-0.39, 0.29) is 12.1 Å². The van der Waals surface area contributed by atoms with Gasteiger partial charge in [0.25, 0.3) is 0 Å². The Morgan fingerprint density at radius 3 is 2.19 bits per heavy atom. The predicted octanol–water partition coefficient (Wildman–Crippen LogP) is 4.48. The molecule has 136 valence electrons. The number of hydrogen-bond donors (Lipinski definition) is 1. The van der Waals surface area contributed by atoms with E-state index in [1.54, 1.807) is 24.3 Å². The summed E-state index contributed by atoms with van der Waals surface area (Å²) < 4.78 is 66.5. The van der Waals surface area contributed by atoms with Crippen molar-refractivity contribution in [2.45, 2.75) is 19.6 Å². The van der Waals surface area contributed by atoms with Crippen molar-refractivity contribution in [1.82, 2.24) is 14.8 Å². The van der Waals surface area contributed by atoms with E-state index in [9.17, 15) is 22.0 Å². The molecule has 3 aromatic rings. The van der Waals surface area contributed by atoms with Crippen LogP contribution in [0.1, 0.15) is 17.0 Å². The molecule has 0 aliphatic rings. The van der Waals surface area contributed by atoms with Crippen LogP contribution in [0.4, 0.5) is 27.6 Å². The first-order valence-electron chi connectivity index (χ1n) is 7.52. The summed E-state index contributed by atoms with van der Waals surface area (Å²) in [7, 11) is 0. The molecule has 0 unspecified atom stereocenters. The number of rotatable bonds is 4. The van der Waals surface area contributed by atoms with Crippen molar-refractivity contribution < 1.29 is 22.0 Å². The first-order valence-corrected chi connectivity index (χ1v) is 7.52. The molecule has 9 heteroatoms. The molecule has 4 nitrogen and oxygen atoms in total. The summed E-state index contributed by atoms with van der Waals surface area (Å²) in [6.45, 7) is 1.42. The Labute approximate surface area is 145 Å². The van der Waals surface area contributed by atoms with Gasteiger partial charge in [-0.2, -0.15) is 18.3 Å². The van der Waals surface area contributed by atoms with Crippen LogP contribution in [0.2, 0.25) is 0 Å². The Balaban J connectivity index is 1.76. The van der Waals surface area contributed by atoms with Gasteiger partial charge in [0.05, 0.1) is 18.1 Å². The van der Waals surface area contributed by atoms with Crippen LogP contribution in [-0.4, -0.2) is 14.8 Å². The molecular weight excluding hydrogens is 355 g/mol. The van der Waals surface area contributed by atoms with Crippen LogP contribution in [-0.2, 0) is 12.7 Å². The highest BCUT2D eigenvalue weighted by atomic mass is 19.4. The van der Waals surface area contributed by atoms with Gasteiger partial charge in [0.1, 0.15) is 11.6 Å². The number of hydrogen-bond acceptors (Lipinski definition) is 3. The normalized spacial score (nSPS) is 11.6. The van der Waals surface area contributed by atoms with Crippen molar-refractivity contribution in [3.8, 4) is 5.69 Å². The fourth-order valence-corrected chi connectivity index (χ4v) is 2.39. The van der Waals surface area contributed by atoms with Crippen molar-refractivity contribution in [3.63, 3.8) is 0 Å². The van der Waals surface area contributed by atoms with E-state index in [1.165, 1.54) is 11.6 Å². The van der Waals surface area contributed by atoms with Crippen LogP contribution >= 0.6 is 0 Å². The summed E-state index contributed by atoms with van der Waals surface area (Å²) in [5.74, 6) is -1.53. The highest BCUT2D eigenvalue weighted by Gasteiger charge is 2.34. The molecule has 0 fully saturated rings. The van der Waals surface area contributed by atoms with Crippen LogP contribution in [0.25, 0.3) is 5.69 Å². The highest BCUT2D eigenvalue weighted by molar-refractivity contribution is 5.49. The maximum absolute atomic E-state index is 13.5. The van der Waals surface area contributed by atoms with Gasteiger partial charge in [-0.1, -0.05) is 0 Å². The number of aromatic nitrogens is 3. The topological polar surface area (TPSA) is 42.7 Å². The van der Waals surface area contributed by atoms with Gasteiger partial charge >= 0.3 is 6.18 Å². The minimum atomic E-state index is -4.52. The number of aryl methyl sites for hydroxylation is 1. The molecule has 1 aromatic carbocycles. The number of pyridine rings is 1. The lowest BCUT2D eigenvalue weighted by atomic mass is 10.2. The number of benzene rings is 1. The number of alkyl halides is 3. The Bertz CT molecular complexity index is 896. The molecule has 0 saturated carbocycles. The van der Waals surface area contributed by atoms with Crippen molar-refractivity contribution in [1.29, 1.82) is 0 Å². The predicted molar refractivity (Wildman–Crippen MR) is 84.8 cm³/mol. The Hall–Kier alpha value is -2.97. The minimum absolute atomic E-state index is 0.0987. The molecule has 1 N–H and O–H groups in total. The van der Waals surface area contributed by atoms with Crippen molar-refractivity contribution in [3.05, 3.63) is 71.3 Å². The monoisotopic (exact) mass is 368 g/mol. The Morgan fingerprint density at radius 1 is 1.04 bits per heavy atom. The second-order valence-electron chi connectivity index (χ2n) is 5.56.